The van der Waals surface area contributed by atoms with Crippen LogP contribution in [0.3, 0.4) is 0 Å². The number of unbranched alkanes of at least 4 members (excludes halogenated alkanes) is 1. The van der Waals surface area contributed by atoms with Gasteiger partial charge in [-0.05, 0) is 37.1 Å². The van der Waals surface area contributed by atoms with Crippen LogP contribution in [-0.4, -0.2) is 31.8 Å². The van der Waals surface area contributed by atoms with Gasteiger partial charge in [0.1, 0.15) is 0 Å². The fourth-order valence-electron chi connectivity index (χ4n) is 2.79. The van der Waals surface area contributed by atoms with E-state index in [1.54, 1.807) is 30.3 Å². The Morgan fingerprint density at radius 3 is 2.65 bits per heavy atom. The number of benzene rings is 2. The molecule has 2 aromatic carbocycles. The minimum absolute atomic E-state index is 0.0745. The van der Waals surface area contributed by atoms with Gasteiger partial charge in [0.15, 0.2) is 0 Å². The maximum Gasteiger partial charge on any atom is 0.303 e. The molecule has 0 spiro atoms. The first kappa shape index (κ1) is 18.4. The van der Waals surface area contributed by atoms with E-state index in [0.717, 1.165) is 0 Å². The molecule has 3 rings (SSSR count). The van der Waals surface area contributed by atoms with Crippen molar-refractivity contribution >= 4 is 39.0 Å². The van der Waals surface area contributed by atoms with Gasteiger partial charge in [-0.25, -0.2) is 8.42 Å². The number of para-hydroxylation sites is 1. The number of aliphatic carboxylic acids is 1. The lowest BCUT2D eigenvalue weighted by Gasteiger charge is -2.09. The summed E-state index contributed by atoms with van der Waals surface area (Å²) in [5.41, 5.74) is 2.15. The Labute approximate surface area is 156 Å². The van der Waals surface area contributed by atoms with Crippen molar-refractivity contribution in [2.75, 3.05) is 11.3 Å². The van der Waals surface area contributed by atoms with Crippen molar-refractivity contribution in [3.63, 3.8) is 0 Å². The third-order valence-corrected chi connectivity index (χ3v) is 5.62. The molecule has 136 valence electrons. The highest BCUT2D eigenvalue weighted by atomic mass is 35.5. The predicted molar refractivity (Wildman–Crippen MR) is 101 cm³/mol. The van der Waals surface area contributed by atoms with Crippen LogP contribution in [0.15, 0.2) is 52.4 Å². The summed E-state index contributed by atoms with van der Waals surface area (Å²) in [4.78, 5) is 15.3. The summed E-state index contributed by atoms with van der Waals surface area (Å²) in [5.74, 6) is -0.840. The topological polar surface area (TPSA) is 95.8 Å². The summed E-state index contributed by atoms with van der Waals surface area (Å²) in [7, 11) is -3.79. The van der Waals surface area contributed by atoms with Crippen LogP contribution in [0.5, 0.6) is 0 Å². The second kappa shape index (κ2) is 7.47. The van der Waals surface area contributed by atoms with Crippen LogP contribution in [0.1, 0.15) is 30.4 Å². The van der Waals surface area contributed by atoms with Gasteiger partial charge in [-0.1, -0.05) is 29.8 Å². The molecule has 1 aliphatic heterocycles. The van der Waals surface area contributed by atoms with Gasteiger partial charge in [0.05, 0.1) is 16.3 Å². The van der Waals surface area contributed by atoms with Gasteiger partial charge in [-0.2, -0.15) is 0 Å². The third-order valence-electron chi connectivity index (χ3n) is 3.98. The number of halogens is 1. The highest BCUT2D eigenvalue weighted by Gasteiger charge is 2.28. The summed E-state index contributed by atoms with van der Waals surface area (Å²) >= 11 is 6.00. The Bertz CT molecular complexity index is 986. The van der Waals surface area contributed by atoms with Crippen molar-refractivity contribution in [1.82, 2.24) is 0 Å². The number of aliphatic imine (C=N–C) groups is 1. The molecule has 0 aromatic heterocycles. The van der Waals surface area contributed by atoms with E-state index in [0.29, 0.717) is 46.9 Å². The minimum Gasteiger partial charge on any atom is -0.481 e. The Kier molecular flexibility index (Phi) is 5.29. The van der Waals surface area contributed by atoms with Gasteiger partial charge in [0.25, 0.3) is 10.0 Å². The summed E-state index contributed by atoms with van der Waals surface area (Å²) in [6.45, 7) is 0.402. The zero-order chi connectivity index (χ0) is 18.7. The summed E-state index contributed by atoms with van der Waals surface area (Å²) in [6.07, 6.45) is 1.20. The molecule has 2 aromatic rings. The first-order valence-corrected chi connectivity index (χ1v) is 9.93. The Morgan fingerprint density at radius 2 is 1.88 bits per heavy atom. The lowest BCUT2D eigenvalue weighted by molar-refractivity contribution is -0.137. The monoisotopic (exact) mass is 392 g/mol. The number of hydrogen-bond acceptors (Lipinski definition) is 4. The van der Waals surface area contributed by atoms with E-state index in [4.69, 9.17) is 16.7 Å². The van der Waals surface area contributed by atoms with Gasteiger partial charge < -0.3 is 5.11 Å². The third kappa shape index (κ3) is 3.89. The number of anilines is 1. The summed E-state index contributed by atoms with van der Waals surface area (Å²) in [5, 5.41) is 9.04. The highest BCUT2D eigenvalue weighted by molar-refractivity contribution is 7.92. The van der Waals surface area contributed by atoms with Crippen molar-refractivity contribution in [2.45, 2.75) is 24.2 Å². The Hall–Kier alpha value is -2.38. The van der Waals surface area contributed by atoms with Crippen LogP contribution in [0.25, 0.3) is 0 Å². The number of nitrogens with one attached hydrogen (secondary N) is 1. The van der Waals surface area contributed by atoms with Gasteiger partial charge >= 0.3 is 5.97 Å². The number of nitrogens with zero attached hydrogens (tertiary/aromatic N) is 1. The molecule has 0 fully saturated rings. The van der Waals surface area contributed by atoms with Crippen molar-refractivity contribution in [1.29, 1.82) is 0 Å². The molecule has 1 heterocycles. The normalized spacial score (nSPS) is 16.3. The van der Waals surface area contributed by atoms with Crippen LogP contribution in [0.4, 0.5) is 5.69 Å². The minimum atomic E-state index is -3.79. The molecule has 0 amide bonds. The van der Waals surface area contributed by atoms with Crippen molar-refractivity contribution in [3.8, 4) is 0 Å². The van der Waals surface area contributed by atoms with Crippen LogP contribution in [0.2, 0.25) is 5.02 Å². The average Bonchev–Trinajstić information content (AvgIpc) is 2.67. The Morgan fingerprint density at radius 1 is 1.12 bits per heavy atom. The zero-order valence-corrected chi connectivity index (χ0v) is 15.3. The molecule has 0 saturated carbocycles. The van der Waals surface area contributed by atoms with E-state index in [1.807, 2.05) is 6.07 Å². The number of carboxylic acid groups (broad SMARTS) is 1. The molecule has 1 aliphatic rings. The molecule has 2 N–H and O–H groups in total. The molecule has 8 heteroatoms. The van der Waals surface area contributed by atoms with E-state index < -0.39 is 16.0 Å². The number of hydrogen-bond donors (Lipinski definition) is 2. The predicted octanol–water partition coefficient (Wildman–Crippen LogP) is 3.55. The molecule has 26 heavy (non-hydrogen) atoms. The zero-order valence-electron chi connectivity index (χ0n) is 13.8. The highest BCUT2D eigenvalue weighted by Crippen LogP contribution is 2.32. The van der Waals surface area contributed by atoms with Gasteiger partial charge in [0, 0.05) is 29.1 Å². The molecular formula is C18H17ClN2O4S. The molecule has 0 bridgehead atoms. The molecule has 6 nitrogen and oxygen atoms in total. The molecule has 0 saturated heterocycles. The van der Waals surface area contributed by atoms with Crippen molar-refractivity contribution in [2.24, 2.45) is 4.99 Å². The largest absolute Gasteiger partial charge is 0.481 e. The SMILES string of the molecule is O=C(O)CCCCN=C1c2ccccc2NS(=O)(=O)c2cc(Cl)ccc21. The second-order valence-electron chi connectivity index (χ2n) is 5.87. The summed E-state index contributed by atoms with van der Waals surface area (Å²) < 4.78 is 28.0. The molecular weight excluding hydrogens is 376 g/mol. The number of sulfonamides is 1. The number of carboxylic acids is 1. The van der Waals surface area contributed by atoms with Crippen LogP contribution in [0, 0.1) is 0 Å². The Balaban J connectivity index is 2.06. The number of fused-ring (bicyclic) bond motifs is 2. The van der Waals surface area contributed by atoms with E-state index in [9.17, 15) is 13.2 Å². The summed E-state index contributed by atoms with van der Waals surface area (Å²) in [6, 6.07) is 11.7. The number of rotatable bonds is 5. The quantitative estimate of drug-likeness (QED) is 0.760. The maximum atomic E-state index is 12.7. The van der Waals surface area contributed by atoms with Gasteiger partial charge in [-0.15, -0.1) is 0 Å². The van der Waals surface area contributed by atoms with E-state index in [1.165, 1.54) is 6.07 Å². The average molecular weight is 393 g/mol. The maximum absolute atomic E-state index is 12.7. The van der Waals surface area contributed by atoms with Gasteiger partial charge in [-0.3, -0.25) is 14.5 Å². The standard InChI is InChI=1S/C18H17ClN2O4S/c19-12-8-9-14-16(11-12)26(24,25)21-15-6-2-1-5-13(15)18(14)20-10-4-3-7-17(22)23/h1-2,5-6,8-9,11,21H,3-4,7,10H2,(H,22,23). The van der Waals surface area contributed by atoms with Crippen LogP contribution >= 0.6 is 11.6 Å². The molecule has 0 radical (unpaired) electrons. The first-order chi connectivity index (χ1) is 12.4. The number of carbonyl (C=O) groups is 1. The first-order valence-electron chi connectivity index (χ1n) is 8.07. The molecule has 0 aliphatic carbocycles. The lowest BCUT2D eigenvalue weighted by atomic mass is 10.0. The molecule has 0 unspecified atom stereocenters. The van der Waals surface area contributed by atoms with Crippen LogP contribution in [-0.2, 0) is 14.8 Å². The van der Waals surface area contributed by atoms with Crippen molar-refractivity contribution in [3.05, 3.63) is 58.6 Å². The van der Waals surface area contributed by atoms with Crippen LogP contribution < -0.4 is 4.72 Å². The van der Waals surface area contributed by atoms with E-state index in [-0.39, 0.29) is 11.3 Å². The fraction of sp³-hybridized carbons (Fsp3) is 0.222. The fourth-order valence-corrected chi connectivity index (χ4v) is 4.34. The smallest absolute Gasteiger partial charge is 0.303 e. The van der Waals surface area contributed by atoms with E-state index >= 15 is 0 Å². The van der Waals surface area contributed by atoms with Crippen molar-refractivity contribution < 1.29 is 18.3 Å². The van der Waals surface area contributed by atoms with E-state index in [2.05, 4.69) is 9.71 Å². The second-order valence-corrected chi connectivity index (χ2v) is 7.96. The molecule has 0 atom stereocenters. The lowest BCUT2D eigenvalue weighted by Crippen LogP contribution is -2.13. The van der Waals surface area contributed by atoms with Gasteiger partial charge in [0.2, 0.25) is 0 Å².